The Balaban J connectivity index is 2.40. The van der Waals surface area contributed by atoms with Gasteiger partial charge in [-0.05, 0) is 30.1 Å². The van der Waals surface area contributed by atoms with E-state index in [1.807, 2.05) is 0 Å². The fraction of sp³-hybridized carbons (Fsp3) is 1.00. The van der Waals surface area contributed by atoms with Crippen LogP contribution in [0.3, 0.4) is 0 Å². The Morgan fingerprint density at radius 3 is 2.50 bits per heavy atom. The highest BCUT2D eigenvalue weighted by atomic mass is 35.5. The largest absolute Gasteiger partial charge is 0.122 e. The van der Waals surface area contributed by atoms with E-state index in [2.05, 4.69) is 27.7 Å². The molecular formula is C13H25Cl. The molecule has 1 fully saturated rings. The Hall–Kier alpha value is 0.290. The summed E-state index contributed by atoms with van der Waals surface area (Å²) in [6.45, 7) is 9.33. The van der Waals surface area contributed by atoms with Crippen LogP contribution in [0, 0.1) is 17.3 Å². The molecule has 0 radical (unpaired) electrons. The van der Waals surface area contributed by atoms with Crippen molar-refractivity contribution in [1.29, 1.82) is 0 Å². The van der Waals surface area contributed by atoms with Crippen LogP contribution in [0.2, 0.25) is 0 Å². The smallest absolute Gasteiger partial charge is 0.0395 e. The second-order valence-electron chi connectivity index (χ2n) is 5.37. The minimum atomic E-state index is 0.441. The lowest BCUT2D eigenvalue weighted by atomic mass is 9.57. The molecule has 0 bridgehead atoms. The summed E-state index contributed by atoms with van der Waals surface area (Å²) in [7, 11) is 0. The summed E-state index contributed by atoms with van der Waals surface area (Å²) < 4.78 is 0. The Bertz CT molecular complexity index is 178. The average molecular weight is 217 g/mol. The summed E-state index contributed by atoms with van der Waals surface area (Å²) in [6.07, 6.45) is 6.54. The van der Waals surface area contributed by atoms with Gasteiger partial charge in [0.15, 0.2) is 0 Å². The van der Waals surface area contributed by atoms with Gasteiger partial charge < -0.3 is 0 Å². The van der Waals surface area contributed by atoms with Crippen molar-refractivity contribution in [1.82, 2.24) is 0 Å². The van der Waals surface area contributed by atoms with E-state index in [0.717, 1.165) is 11.8 Å². The Labute approximate surface area is 94.4 Å². The molecular weight excluding hydrogens is 192 g/mol. The normalized spacial score (nSPS) is 39.2. The highest BCUT2D eigenvalue weighted by Crippen LogP contribution is 2.54. The van der Waals surface area contributed by atoms with Gasteiger partial charge in [-0.1, -0.05) is 47.0 Å². The maximum atomic E-state index is 6.36. The molecule has 0 amide bonds. The van der Waals surface area contributed by atoms with Crippen molar-refractivity contribution in [2.45, 2.75) is 65.2 Å². The molecule has 1 aliphatic rings. The van der Waals surface area contributed by atoms with Crippen LogP contribution in [-0.2, 0) is 0 Å². The Kier molecular flexibility index (Phi) is 4.30. The predicted molar refractivity (Wildman–Crippen MR) is 64.8 cm³/mol. The van der Waals surface area contributed by atoms with Gasteiger partial charge >= 0.3 is 0 Å². The third-order valence-electron chi connectivity index (χ3n) is 4.51. The zero-order chi connectivity index (χ0) is 10.8. The van der Waals surface area contributed by atoms with Gasteiger partial charge in [0.25, 0.3) is 0 Å². The van der Waals surface area contributed by atoms with E-state index in [0.29, 0.717) is 10.8 Å². The first kappa shape index (κ1) is 12.4. The van der Waals surface area contributed by atoms with Crippen LogP contribution in [0.25, 0.3) is 0 Å². The lowest BCUT2D eigenvalue weighted by Crippen LogP contribution is -2.48. The van der Waals surface area contributed by atoms with E-state index in [-0.39, 0.29) is 0 Å². The first-order valence-electron chi connectivity index (χ1n) is 6.18. The predicted octanol–water partition coefficient (Wildman–Crippen LogP) is 4.86. The minimum absolute atomic E-state index is 0.441. The first-order chi connectivity index (χ1) is 6.54. The fourth-order valence-corrected chi connectivity index (χ4v) is 3.14. The number of hydrogen-bond acceptors (Lipinski definition) is 0. The SMILES string of the molecule is CCC(C)CCC1(C)C(Cl)CC1CC. The van der Waals surface area contributed by atoms with Gasteiger partial charge in [0.1, 0.15) is 0 Å². The van der Waals surface area contributed by atoms with Crippen molar-refractivity contribution < 1.29 is 0 Å². The fourth-order valence-electron chi connectivity index (χ4n) is 2.64. The highest BCUT2D eigenvalue weighted by molar-refractivity contribution is 6.21. The first-order valence-corrected chi connectivity index (χ1v) is 6.62. The summed E-state index contributed by atoms with van der Waals surface area (Å²) >= 11 is 6.36. The molecule has 0 aliphatic heterocycles. The zero-order valence-electron chi connectivity index (χ0n) is 10.1. The lowest BCUT2D eigenvalue weighted by molar-refractivity contribution is 0.0385. The van der Waals surface area contributed by atoms with Crippen LogP contribution in [0.4, 0.5) is 0 Å². The van der Waals surface area contributed by atoms with Gasteiger partial charge in [-0.15, -0.1) is 11.6 Å². The van der Waals surface area contributed by atoms with Gasteiger partial charge in [-0.3, -0.25) is 0 Å². The quantitative estimate of drug-likeness (QED) is 0.576. The van der Waals surface area contributed by atoms with Crippen LogP contribution >= 0.6 is 11.6 Å². The summed E-state index contributed by atoms with van der Waals surface area (Å²) in [4.78, 5) is 0. The van der Waals surface area contributed by atoms with Crippen LogP contribution in [0.15, 0.2) is 0 Å². The topological polar surface area (TPSA) is 0 Å². The highest BCUT2D eigenvalue weighted by Gasteiger charge is 2.48. The third kappa shape index (κ3) is 2.27. The van der Waals surface area contributed by atoms with Gasteiger partial charge in [0.2, 0.25) is 0 Å². The monoisotopic (exact) mass is 216 g/mol. The van der Waals surface area contributed by atoms with Crippen molar-refractivity contribution in [3.63, 3.8) is 0 Å². The van der Waals surface area contributed by atoms with Crippen molar-refractivity contribution in [2.24, 2.45) is 17.3 Å². The Morgan fingerprint density at radius 2 is 2.07 bits per heavy atom. The van der Waals surface area contributed by atoms with E-state index < -0.39 is 0 Å². The zero-order valence-corrected chi connectivity index (χ0v) is 10.9. The second-order valence-corrected chi connectivity index (χ2v) is 5.89. The summed E-state index contributed by atoms with van der Waals surface area (Å²) in [5.41, 5.74) is 0.444. The molecule has 0 N–H and O–H groups in total. The van der Waals surface area contributed by atoms with Crippen LogP contribution < -0.4 is 0 Å². The molecule has 0 spiro atoms. The molecule has 0 aromatic carbocycles. The maximum absolute atomic E-state index is 6.36. The molecule has 0 heterocycles. The average Bonchev–Trinajstić information content (AvgIpc) is 2.21. The number of alkyl halides is 1. The molecule has 1 heteroatoms. The van der Waals surface area contributed by atoms with E-state index in [1.165, 1.54) is 32.1 Å². The summed E-state index contributed by atoms with van der Waals surface area (Å²) in [5.74, 6) is 1.75. The molecule has 4 unspecified atom stereocenters. The maximum Gasteiger partial charge on any atom is 0.0395 e. The Morgan fingerprint density at radius 1 is 1.43 bits per heavy atom. The number of halogens is 1. The van der Waals surface area contributed by atoms with Crippen LogP contribution in [-0.4, -0.2) is 5.38 Å². The molecule has 1 aliphatic carbocycles. The lowest BCUT2D eigenvalue weighted by Gasteiger charge is -2.52. The van der Waals surface area contributed by atoms with Gasteiger partial charge in [0.05, 0.1) is 0 Å². The van der Waals surface area contributed by atoms with E-state index in [4.69, 9.17) is 11.6 Å². The molecule has 0 saturated heterocycles. The molecule has 0 nitrogen and oxygen atoms in total. The molecule has 1 rings (SSSR count). The number of hydrogen-bond donors (Lipinski definition) is 0. The van der Waals surface area contributed by atoms with Crippen LogP contribution in [0.1, 0.15) is 59.8 Å². The van der Waals surface area contributed by atoms with Gasteiger partial charge in [0, 0.05) is 5.38 Å². The standard InChI is InChI=1S/C13H25Cl/c1-5-10(3)7-8-13(4)11(6-2)9-12(13)14/h10-12H,5-9H2,1-4H3. The molecule has 0 aromatic rings. The van der Waals surface area contributed by atoms with E-state index in [9.17, 15) is 0 Å². The van der Waals surface area contributed by atoms with Crippen molar-refractivity contribution in [2.75, 3.05) is 0 Å². The minimum Gasteiger partial charge on any atom is -0.122 e. The van der Waals surface area contributed by atoms with Crippen molar-refractivity contribution in [3.05, 3.63) is 0 Å². The number of rotatable bonds is 5. The van der Waals surface area contributed by atoms with Gasteiger partial charge in [-0.2, -0.15) is 0 Å². The van der Waals surface area contributed by atoms with E-state index >= 15 is 0 Å². The van der Waals surface area contributed by atoms with Crippen LogP contribution in [0.5, 0.6) is 0 Å². The molecule has 4 atom stereocenters. The molecule has 0 aromatic heterocycles. The van der Waals surface area contributed by atoms with E-state index in [1.54, 1.807) is 0 Å². The van der Waals surface area contributed by atoms with Crippen molar-refractivity contribution >= 4 is 11.6 Å². The summed E-state index contributed by atoms with van der Waals surface area (Å²) in [6, 6.07) is 0. The molecule has 14 heavy (non-hydrogen) atoms. The third-order valence-corrected chi connectivity index (χ3v) is 5.18. The second kappa shape index (κ2) is 4.88. The van der Waals surface area contributed by atoms with Crippen molar-refractivity contribution in [3.8, 4) is 0 Å². The van der Waals surface area contributed by atoms with Gasteiger partial charge in [-0.25, -0.2) is 0 Å². The molecule has 1 saturated carbocycles. The summed E-state index contributed by atoms with van der Waals surface area (Å²) in [5, 5.41) is 0.441. The molecule has 84 valence electrons.